The summed E-state index contributed by atoms with van der Waals surface area (Å²) in [4.78, 5) is 11.8. The Labute approximate surface area is 115 Å². The predicted octanol–water partition coefficient (Wildman–Crippen LogP) is 2.82. The van der Waals surface area contributed by atoms with Gasteiger partial charge < -0.3 is 10.5 Å². The van der Waals surface area contributed by atoms with E-state index in [-0.39, 0.29) is 12.1 Å². The summed E-state index contributed by atoms with van der Waals surface area (Å²) >= 11 is 1.58. The van der Waals surface area contributed by atoms with Gasteiger partial charge in [0, 0.05) is 5.75 Å². The highest BCUT2D eigenvalue weighted by atomic mass is 32.2. The van der Waals surface area contributed by atoms with Crippen molar-refractivity contribution in [1.29, 1.82) is 0 Å². The molecule has 3 atom stereocenters. The molecule has 1 saturated carbocycles. The molecule has 1 rings (SSSR count). The Morgan fingerprint density at radius 1 is 1.56 bits per heavy atom. The first-order valence-electron chi connectivity index (χ1n) is 6.84. The Kier molecular flexibility index (Phi) is 5.99. The van der Waals surface area contributed by atoms with Crippen molar-refractivity contribution in [3.05, 3.63) is 0 Å². The van der Waals surface area contributed by atoms with Gasteiger partial charge in [0.15, 0.2) is 0 Å². The molecule has 0 amide bonds. The average molecular weight is 273 g/mol. The number of hydrogen-bond acceptors (Lipinski definition) is 4. The maximum atomic E-state index is 11.8. The minimum absolute atomic E-state index is 0.0616. The second-order valence-electron chi connectivity index (χ2n) is 6.03. The van der Waals surface area contributed by atoms with Crippen LogP contribution in [0.2, 0.25) is 0 Å². The van der Waals surface area contributed by atoms with Crippen molar-refractivity contribution in [3.8, 4) is 0 Å². The van der Waals surface area contributed by atoms with Crippen LogP contribution in [-0.4, -0.2) is 30.1 Å². The molecule has 0 saturated heterocycles. The first-order chi connectivity index (χ1) is 8.39. The summed E-state index contributed by atoms with van der Waals surface area (Å²) in [5.74, 6) is 1.02. The smallest absolute Gasteiger partial charge is 0.324 e. The molecule has 2 unspecified atom stereocenters. The van der Waals surface area contributed by atoms with E-state index in [4.69, 9.17) is 10.5 Å². The summed E-state index contributed by atoms with van der Waals surface area (Å²) in [5.41, 5.74) is 6.08. The van der Waals surface area contributed by atoms with Gasteiger partial charge in [-0.15, -0.1) is 0 Å². The number of hydrogen-bond donors (Lipinski definition) is 1. The van der Waals surface area contributed by atoms with Crippen LogP contribution in [0.4, 0.5) is 0 Å². The van der Waals surface area contributed by atoms with E-state index in [2.05, 4.69) is 20.8 Å². The number of esters is 1. The molecule has 1 aliphatic carbocycles. The zero-order chi connectivity index (χ0) is 13.8. The van der Waals surface area contributed by atoms with Crippen LogP contribution in [0.3, 0.4) is 0 Å². The van der Waals surface area contributed by atoms with Crippen LogP contribution >= 0.6 is 11.8 Å². The van der Waals surface area contributed by atoms with Crippen LogP contribution in [0.25, 0.3) is 0 Å². The average Bonchev–Trinajstić information content (AvgIpc) is 2.29. The molecule has 1 fully saturated rings. The van der Waals surface area contributed by atoms with Crippen LogP contribution in [0.1, 0.15) is 46.5 Å². The molecule has 0 aliphatic heterocycles. The van der Waals surface area contributed by atoms with E-state index in [0.29, 0.717) is 17.1 Å². The van der Waals surface area contributed by atoms with Crippen molar-refractivity contribution >= 4 is 17.7 Å². The third-order valence-corrected chi connectivity index (χ3v) is 4.99. The molecule has 1 aliphatic rings. The standard InChI is InChI=1S/C14H27NO2S/c1-10(2)14(3)7-5-6-11(8-14)17-13(16)12(15)9-18-4/h10-12H,5-9,15H2,1-4H3/t11?,12-,14?/m0/s1. The normalized spacial score (nSPS) is 30.2. The van der Waals surface area contributed by atoms with Crippen molar-refractivity contribution in [1.82, 2.24) is 0 Å². The van der Waals surface area contributed by atoms with E-state index in [1.165, 1.54) is 6.42 Å². The highest BCUT2D eigenvalue weighted by Gasteiger charge is 2.36. The van der Waals surface area contributed by atoms with Crippen molar-refractivity contribution in [2.24, 2.45) is 17.1 Å². The van der Waals surface area contributed by atoms with E-state index in [1.54, 1.807) is 11.8 Å². The molecule has 0 radical (unpaired) electrons. The van der Waals surface area contributed by atoms with Gasteiger partial charge >= 0.3 is 5.97 Å². The zero-order valence-electron chi connectivity index (χ0n) is 12.1. The number of rotatable bonds is 5. The van der Waals surface area contributed by atoms with Crippen LogP contribution in [0, 0.1) is 11.3 Å². The number of ether oxygens (including phenoxy) is 1. The number of nitrogens with two attached hydrogens (primary N) is 1. The lowest BCUT2D eigenvalue weighted by Crippen LogP contribution is -2.40. The van der Waals surface area contributed by atoms with Crippen LogP contribution in [-0.2, 0) is 9.53 Å². The first kappa shape index (κ1) is 15.8. The molecule has 2 N–H and O–H groups in total. The Morgan fingerprint density at radius 2 is 2.22 bits per heavy atom. The van der Waals surface area contributed by atoms with Gasteiger partial charge in [-0.2, -0.15) is 11.8 Å². The Bertz CT molecular complexity index is 283. The SMILES string of the molecule is CSC[C@H](N)C(=O)OC1CCCC(C)(C(C)C)C1. The summed E-state index contributed by atoms with van der Waals surface area (Å²) in [6, 6.07) is -0.479. The van der Waals surface area contributed by atoms with E-state index < -0.39 is 6.04 Å². The summed E-state index contributed by atoms with van der Waals surface area (Å²) < 4.78 is 5.57. The summed E-state index contributed by atoms with van der Waals surface area (Å²) in [5, 5.41) is 0. The molecular formula is C14H27NO2S. The number of carbonyl (C=O) groups excluding carboxylic acids is 1. The molecule has 0 aromatic heterocycles. The van der Waals surface area contributed by atoms with Gasteiger partial charge in [-0.3, -0.25) is 4.79 Å². The molecule has 0 aromatic rings. The second kappa shape index (κ2) is 6.80. The van der Waals surface area contributed by atoms with Gasteiger partial charge in [0.25, 0.3) is 0 Å². The van der Waals surface area contributed by atoms with Gasteiger partial charge in [-0.05, 0) is 43.3 Å². The fourth-order valence-electron chi connectivity index (χ4n) is 2.58. The van der Waals surface area contributed by atoms with Gasteiger partial charge in [-0.1, -0.05) is 20.8 Å². The number of thioether (sulfide) groups is 1. The van der Waals surface area contributed by atoms with Crippen molar-refractivity contribution < 1.29 is 9.53 Å². The predicted molar refractivity (Wildman–Crippen MR) is 77.7 cm³/mol. The Hall–Kier alpha value is -0.220. The lowest BCUT2D eigenvalue weighted by molar-refractivity contribution is -0.154. The van der Waals surface area contributed by atoms with E-state index in [0.717, 1.165) is 19.3 Å². The summed E-state index contributed by atoms with van der Waals surface area (Å²) in [7, 11) is 0. The minimum atomic E-state index is -0.479. The summed E-state index contributed by atoms with van der Waals surface area (Å²) in [6.45, 7) is 6.81. The largest absolute Gasteiger partial charge is 0.461 e. The molecule has 3 nitrogen and oxygen atoms in total. The lowest BCUT2D eigenvalue weighted by Gasteiger charge is -2.41. The third-order valence-electron chi connectivity index (χ3n) is 4.29. The Balaban J connectivity index is 2.50. The fourth-order valence-corrected chi connectivity index (χ4v) is 3.08. The van der Waals surface area contributed by atoms with Gasteiger partial charge in [0.1, 0.15) is 12.1 Å². The molecule has 18 heavy (non-hydrogen) atoms. The highest BCUT2D eigenvalue weighted by molar-refractivity contribution is 7.98. The lowest BCUT2D eigenvalue weighted by atomic mass is 9.67. The van der Waals surface area contributed by atoms with E-state index in [1.807, 2.05) is 6.26 Å². The second-order valence-corrected chi connectivity index (χ2v) is 6.94. The van der Waals surface area contributed by atoms with Crippen molar-refractivity contribution in [2.45, 2.75) is 58.6 Å². The molecule has 106 valence electrons. The third kappa shape index (κ3) is 4.16. The number of carbonyl (C=O) groups is 1. The topological polar surface area (TPSA) is 52.3 Å². The van der Waals surface area contributed by atoms with Crippen LogP contribution < -0.4 is 5.73 Å². The maximum Gasteiger partial charge on any atom is 0.324 e. The molecule has 4 heteroatoms. The van der Waals surface area contributed by atoms with E-state index >= 15 is 0 Å². The molecule has 0 aromatic carbocycles. The van der Waals surface area contributed by atoms with E-state index in [9.17, 15) is 4.79 Å². The minimum Gasteiger partial charge on any atom is -0.461 e. The van der Waals surface area contributed by atoms with Crippen LogP contribution in [0.5, 0.6) is 0 Å². The molecule has 0 heterocycles. The summed E-state index contributed by atoms with van der Waals surface area (Å²) in [6.07, 6.45) is 6.35. The van der Waals surface area contributed by atoms with Gasteiger partial charge in [0.2, 0.25) is 0 Å². The maximum absolute atomic E-state index is 11.8. The molecule has 0 bridgehead atoms. The van der Waals surface area contributed by atoms with Crippen molar-refractivity contribution in [2.75, 3.05) is 12.0 Å². The zero-order valence-corrected chi connectivity index (χ0v) is 12.9. The van der Waals surface area contributed by atoms with Crippen molar-refractivity contribution in [3.63, 3.8) is 0 Å². The first-order valence-corrected chi connectivity index (χ1v) is 8.23. The van der Waals surface area contributed by atoms with Crippen LogP contribution in [0.15, 0.2) is 0 Å². The molecular weight excluding hydrogens is 246 g/mol. The quantitative estimate of drug-likeness (QED) is 0.783. The Morgan fingerprint density at radius 3 is 2.78 bits per heavy atom. The molecule has 0 spiro atoms. The highest BCUT2D eigenvalue weighted by Crippen LogP contribution is 2.42. The van der Waals surface area contributed by atoms with Gasteiger partial charge in [0.05, 0.1) is 0 Å². The monoisotopic (exact) mass is 273 g/mol. The van der Waals surface area contributed by atoms with Gasteiger partial charge in [-0.25, -0.2) is 0 Å². The fraction of sp³-hybridized carbons (Fsp3) is 0.929.